The summed E-state index contributed by atoms with van der Waals surface area (Å²) in [5, 5.41) is 1.83. The molecule has 0 saturated carbocycles. The van der Waals surface area contributed by atoms with Gasteiger partial charge in [0.1, 0.15) is 11.6 Å². The fourth-order valence-corrected chi connectivity index (χ4v) is 1.89. The summed E-state index contributed by atoms with van der Waals surface area (Å²) in [6.07, 6.45) is 0. The third-order valence-corrected chi connectivity index (χ3v) is 2.91. The zero-order valence-corrected chi connectivity index (χ0v) is 11.1. The third kappa shape index (κ3) is 2.93. The predicted molar refractivity (Wildman–Crippen MR) is 70.5 cm³/mol. The number of hydrogen-bond donors (Lipinski definition) is 1. The second kappa shape index (κ2) is 5.54. The maximum Gasteiger partial charge on any atom is 0.258 e. The SMILES string of the molecule is Cc1ccc(C(=O)Nc2c(F)cc(F)cc2Cl)c(F)c1. The highest BCUT2D eigenvalue weighted by Gasteiger charge is 2.16. The molecule has 0 bridgehead atoms. The number of aryl methyl sites for hydroxylation is 1. The first-order valence-corrected chi connectivity index (χ1v) is 5.98. The smallest absolute Gasteiger partial charge is 0.258 e. The van der Waals surface area contributed by atoms with Crippen LogP contribution in [0.2, 0.25) is 5.02 Å². The summed E-state index contributed by atoms with van der Waals surface area (Å²) < 4.78 is 40.0. The minimum atomic E-state index is -1.03. The van der Waals surface area contributed by atoms with Crippen molar-refractivity contribution in [3.05, 3.63) is 63.9 Å². The van der Waals surface area contributed by atoms with E-state index in [-0.39, 0.29) is 10.6 Å². The number of benzene rings is 2. The maximum absolute atomic E-state index is 13.6. The van der Waals surface area contributed by atoms with Crippen LogP contribution in [0.25, 0.3) is 0 Å². The van der Waals surface area contributed by atoms with Gasteiger partial charge in [-0.2, -0.15) is 0 Å². The number of carbonyl (C=O) groups excluding carboxylic acids is 1. The normalized spacial score (nSPS) is 10.4. The van der Waals surface area contributed by atoms with Crippen LogP contribution in [0.15, 0.2) is 30.3 Å². The van der Waals surface area contributed by atoms with Gasteiger partial charge in [-0.25, -0.2) is 13.2 Å². The summed E-state index contributed by atoms with van der Waals surface area (Å²) in [6.45, 7) is 1.67. The topological polar surface area (TPSA) is 29.1 Å². The van der Waals surface area contributed by atoms with Crippen LogP contribution in [0.4, 0.5) is 18.9 Å². The summed E-state index contributed by atoms with van der Waals surface area (Å²) in [7, 11) is 0. The van der Waals surface area contributed by atoms with Crippen LogP contribution in [0.5, 0.6) is 0 Å². The Balaban J connectivity index is 2.33. The van der Waals surface area contributed by atoms with Crippen LogP contribution in [0.1, 0.15) is 15.9 Å². The van der Waals surface area contributed by atoms with Crippen LogP contribution in [0.3, 0.4) is 0 Å². The van der Waals surface area contributed by atoms with Crippen molar-refractivity contribution < 1.29 is 18.0 Å². The largest absolute Gasteiger partial charge is 0.318 e. The van der Waals surface area contributed by atoms with Crippen molar-refractivity contribution in [2.75, 3.05) is 5.32 Å². The minimum absolute atomic E-state index is 0.254. The van der Waals surface area contributed by atoms with Gasteiger partial charge in [0.25, 0.3) is 5.91 Å². The highest BCUT2D eigenvalue weighted by Crippen LogP contribution is 2.27. The van der Waals surface area contributed by atoms with E-state index < -0.39 is 29.0 Å². The number of carbonyl (C=O) groups is 1. The molecule has 0 aliphatic carbocycles. The van der Waals surface area contributed by atoms with Crippen LogP contribution in [-0.4, -0.2) is 5.91 Å². The highest BCUT2D eigenvalue weighted by molar-refractivity contribution is 6.34. The Bertz CT molecular complexity index is 665. The lowest BCUT2D eigenvalue weighted by molar-refractivity contribution is 0.102. The maximum atomic E-state index is 13.6. The Morgan fingerprint density at radius 3 is 2.40 bits per heavy atom. The van der Waals surface area contributed by atoms with Gasteiger partial charge in [0.05, 0.1) is 16.3 Å². The summed E-state index contributed by atoms with van der Waals surface area (Å²) in [5.74, 6) is -3.50. The molecule has 2 aromatic rings. The molecule has 2 nitrogen and oxygen atoms in total. The molecular formula is C14H9ClF3NO. The number of halogens is 4. The molecule has 0 fully saturated rings. The average Bonchev–Trinajstić information content (AvgIpc) is 2.33. The van der Waals surface area contributed by atoms with E-state index in [1.165, 1.54) is 12.1 Å². The lowest BCUT2D eigenvalue weighted by Crippen LogP contribution is -2.15. The molecule has 1 amide bonds. The Morgan fingerprint density at radius 1 is 1.10 bits per heavy atom. The zero-order valence-electron chi connectivity index (χ0n) is 10.3. The second-order valence-electron chi connectivity index (χ2n) is 4.18. The average molecular weight is 300 g/mol. The standard InChI is InChI=1S/C14H9ClF3NO/c1-7-2-3-9(11(17)4-7)14(20)19-13-10(15)5-8(16)6-12(13)18/h2-6H,1H3,(H,19,20). The monoisotopic (exact) mass is 299 g/mol. The van der Waals surface area contributed by atoms with Crippen molar-refractivity contribution in [1.29, 1.82) is 0 Å². The fraction of sp³-hybridized carbons (Fsp3) is 0.0714. The molecule has 0 spiro atoms. The molecule has 0 radical (unpaired) electrons. The molecule has 0 aromatic heterocycles. The number of hydrogen-bond acceptors (Lipinski definition) is 1. The van der Waals surface area contributed by atoms with E-state index in [0.717, 1.165) is 6.07 Å². The molecule has 0 aliphatic rings. The van der Waals surface area contributed by atoms with Crippen molar-refractivity contribution in [2.45, 2.75) is 6.92 Å². The van der Waals surface area contributed by atoms with Gasteiger partial charge in [0.2, 0.25) is 0 Å². The molecule has 2 aromatic carbocycles. The van der Waals surface area contributed by atoms with Gasteiger partial charge in [0, 0.05) is 6.07 Å². The summed E-state index contributed by atoms with van der Waals surface area (Å²) in [4.78, 5) is 11.9. The first-order valence-electron chi connectivity index (χ1n) is 5.60. The van der Waals surface area contributed by atoms with E-state index in [4.69, 9.17) is 11.6 Å². The Labute approximate surface area is 118 Å². The zero-order chi connectivity index (χ0) is 14.9. The quantitative estimate of drug-likeness (QED) is 0.879. The molecular weight excluding hydrogens is 291 g/mol. The molecule has 0 heterocycles. The van der Waals surface area contributed by atoms with Gasteiger partial charge in [0.15, 0.2) is 5.82 Å². The van der Waals surface area contributed by atoms with E-state index in [9.17, 15) is 18.0 Å². The van der Waals surface area contributed by atoms with E-state index >= 15 is 0 Å². The molecule has 0 saturated heterocycles. The molecule has 6 heteroatoms. The highest BCUT2D eigenvalue weighted by atomic mass is 35.5. The molecule has 0 atom stereocenters. The van der Waals surface area contributed by atoms with Crippen molar-refractivity contribution in [1.82, 2.24) is 0 Å². The van der Waals surface area contributed by atoms with E-state index in [1.807, 2.05) is 0 Å². The van der Waals surface area contributed by atoms with Gasteiger partial charge in [-0.15, -0.1) is 0 Å². The Morgan fingerprint density at radius 2 is 1.80 bits per heavy atom. The van der Waals surface area contributed by atoms with Crippen molar-refractivity contribution in [2.24, 2.45) is 0 Å². The summed E-state index contributed by atoms with van der Waals surface area (Å²) in [5.41, 5.74) is -0.00141. The lowest BCUT2D eigenvalue weighted by Gasteiger charge is -2.09. The Kier molecular flexibility index (Phi) is 3.99. The third-order valence-electron chi connectivity index (χ3n) is 2.61. The van der Waals surface area contributed by atoms with Gasteiger partial charge >= 0.3 is 0 Å². The van der Waals surface area contributed by atoms with Crippen LogP contribution < -0.4 is 5.32 Å². The fourth-order valence-electron chi connectivity index (χ4n) is 1.65. The predicted octanol–water partition coefficient (Wildman–Crippen LogP) is 4.32. The molecule has 0 unspecified atom stereocenters. The van der Waals surface area contributed by atoms with Crippen LogP contribution in [0, 0.1) is 24.4 Å². The van der Waals surface area contributed by atoms with Gasteiger partial charge in [-0.3, -0.25) is 4.79 Å². The second-order valence-corrected chi connectivity index (χ2v) is 4.59. The Hall–Kier alpha value is -2.01. The first kappa shape index (κ1) is 14.4. The number of rotatable bonds is 2. The van der Waals surface area contributed by atoms with E-state index in [2.05, 4.69) is 5.32 Å². The lowest BCUT2D eigenvalue weighted by atomic mass is 10.1. The molecule has 20 heavy (non-hydrogen) atoms. The van der Waals surface area contributed by atoms with Crippen molar-refractivity contribution in [3.8, 4) is 0 Å². The van der Waals surface area contributed by atoms with Crippen molar-refractivity contribution >= 4 is 23.2 Å². The molecule has 104 valence electrons. The minimum Gasteiger partial charge on any atom is -0.318 e. The van der Waals surface area contributed by atoms with E-state index in [0.29, 0.717) is 11.6 Å². The first-order chi connectivity index (χ1) is 9.38. The van der Waals surface area contributed by atoms with Crippen LogP contribution >= 0.6 is 11.6 Å². The molecule has 2 rings (SSSR count). The number of amides is 1. The van der Waals surface area contributed by atoms with Gasteiger partial charge < -0.3 is 5.32 Å². The number of anilines is 1. The number of nitrogens with one attached hydrogen (secondary N) is 1. The summed E-state index contributed by atoms with van der Waals surface area (Å²) >= 11 is 5.64. The summed E-state index contributed by atoms with van der Waals surface area (Å²) in [6, 6.07) is 5.42. The van der Waals surface area contributed by atoms with E-state index in [1.54, 1.807) is 13.0 Å². The van der Waals surface area contributed by atoms with Gasteiger partial charge in [-0.05, 0) is 30.7 Å². The van der Waals surface area contributed by atoms with Gasteiger partial charge in [-0.1, -0.05) is 17.7 Å². The van der Waals surface area contributed by atoms with Crippen molar-refractivity contribution in [3.63, 3.8) is 0 Å². The molecule has 1 N–H and O–H groups in total. The van der Waals surface area contributed by atoms with Crippen LogP contribution in [-0.2, 0) is 0 Å². The molecule has 0 aliphatic heterocycles.